The third-order valence-corrected chi connectivity index (χ3v) is 2.42. The van der Waals surface area contributed by atoms with E-state index in [0.717, 1.165) is 0 Å². The van der Waals surface area contributed by atoms with Crippen molar-refractivity contribution in [2.24, 2.45) is 5.10 Å². The Morgan fingerprint density at radius 2 is 2.24 bits per heavy atom. The number of carbonyl (C=O) groups excluding carboxylic acids is 2. The second-order valence-corrected chi connectivity index (χ2v) is 3.77. The molecule has 7 heteroatoms. The quantitative estimate of drug-likeness (QED) is 0.609. The fourth-order valence-corrected chi connectivity index (χ4v) is 1.41. The lowest BCUT2D eigenvalue weighted by molar-refractivity contribution is -0.137. The number of rotatable bonds is 5. The number of nitrogens with zero attached hydrogens (tertiary/aromatic N) is 1. The molecule has 2 amide bonds. The highest BCUT2D eigenvalue weighted by atomic mass is 16.4. The third-order valence-electron chi connectivity index (χ3n) is 2.42. The van der Waals surface area contributed by atoms with Gasteiger partial charge in [-0.1, -0.05) is 6.92 Å². The second-order valence-electron chi connectivity index (χ2n) is 3.77. The maximum Gasteiger partial charge on any atom is 0.305 e. The molecule has 1 aliphatic heterocycles. The van der Waals surface area contributed by atoms with E-state index < -0.39 is 17.9 Å². The zero-order chi connectivity index (χ0) is 12.8. The lowest BCUT2D eigenvalue weighted by Gasteiger charge is -2.17. The van der Waals surface area contributed by atoms with E-state index >= 15 is 0 Å². The molecule has 0 aromatic carbocycles. The summed E-state index contributed by atoms with van der Waals surface area (Å²) in [7, 11) is 0. The van der Waals surface area contributed by atoms with Gasteiger partial charge in [-0.2, -0.15) is 5.10 Å². The molecule has 0 bridgehead atoms. The van der Waals surface area contributed by atoms with Crippen LogP contribution in [0.4, 0.5) is 0 Å². The molecule has 0 spiro atoms. The summed E-state index contributed by atoms with van der Waals surface area (Å²) in [6, 6.07) is -0.416. The lowest BCUT2D eigenvalue weighted by atomic mass is 10.1. The molecule has 94 valence electrons. The number of carboxylic acids is 1. The monoisotopic (exact) mass is 241 g/mol. The van der Waals surface area contributed by atoms with Crippen molar-refractivity contribution < 1.29 is 19.5 Å². The summed E-state index contributed by atoms with van der Waals surface area (Å²) in [5.74, 6) is -1.60. The number of hydrazone groups is 1. The molecule has 17 heavy (non-hydrogen) atoms. The normalized spacial score (nSPS) is 16.8. The highest BCUT2D eigenvalue weighted by Crippen LogP contribution is 2.02. The summed E-state index contributed by atoms with van der Waals surface area (Å²) < 4.78 is 0. The number of aliphatic carboxylic acids is 1. The molecule has 3 N–H and O–H groups in total. The van der Waals surface area contributed by atoms with Gasteiger partial charge in [-0.25, -0.2) is 5.43 Å². The number of hydrogen-bond acceptors (Lipinski definition) is 4. The van der Waals surface area contributed by atoms with E-state index in [2.05, 4.69) is 15.8 Å². The first-order valence-electron chi connectivity index (χ1n) is 5.41. The molecule has 1 heterocycles. The molecular weight excluding hydrogens is 226 g/mol. The lowest BCUT2D eigenvalue weighted by Crippen LogP contribution is -2.42. The topological polar surface area (TPSA) is 108 Å². The number of carbonyl (C=O) groups is 3. The van der Waals surface area contributed by atoms with Crippen molar-refractivity contribution in [2.45, 2.75) is 38.6 Å². The third kappa shape index (κ3) is 4.21. The zero-order valence-corrected chi connectivity index (χ0v) is 9.52. The molecule has 0 aliphatic carbocycles. The smallest absolute Gasteiger partial charge is 0.305 e. The van der Waals surface area contributed by atoms with Gasteiger partial charge in [-0.3, -0.25) is 14.4 Å². The minimum atomic E-state index is -0.962. The van der Waals surface area contributed by atoms with Crippen molar-refractivity contribution in [3.8, 4) is 0 Å². The van der Waals surface area contributed by atoms with E-state index in [1.54, 1.807) is 6.92 Å². The minimum absolute atomic E-state index is 0.123. The SMILES string of the molecule is CCC(CC(=O)O)NC(=O)C1=NNC(=O)CC1. The predicted molar refractivity (Wildman–Crippen MR) is 59.3 cm³/mol. The van der Waals surface area contributed by atoms with E-state index in [1.165, 1.54) is 0 Å². The van der Waals surface area contributed by atoms with Gasteiger partial charge >= 0.3 is 5.97 Å². The van der Waals surface area contributed by atoms with Crippen LogP contribution in [0.15, 0.2) is 5.10 Å². The standard InChI is InChI=1S/C10H15N3O4/c1-2-6(5-9(15)16)11-10(17)7-3-4-8(14)13-12-7/h6H,2-5H2,1H3,(H,11,17)(H,13,14)(H,15,16). The second kappa shape index (κ2) is 5.97. The number of nitrogens with one attached hydrogen (secondary N) is 2. The first-order chi connectivity index (χ1) is 8.02. The molecule has 0 aromatic rings. The molecule has 0 saturated carbocycles. The summed E-state index contributed by atoms with van der Waals surface area (Å²) in [5.41, 5.74) is 2.45. The van der Waals surface area contributed by atoms with Crippen molar-refractivity contribution in [3.63, 3.8) is 0 Å². The molecule has 0 fully saturated rings. The summed E-state index contributed by atoms with van der Waals surface area (Å²) in [6.07, 6.45) is 0.905. The number of amides is 2. The van der Waals surface area contributed by atoms with Gasteiger partial charge < -0.3 is 10.4 Å². The van der Waals surface area contributed by atoms with Crippen LogP contribution < -0.4 is 10.7 Å². The van der Waals surface area contributed by atoms with Crippen molar-refractivity contribution in [2.75, 3.05) is 0 Å². The van der Waals surface area contributed by atoms with E-state index in [-0.39, 0.29) is 30.9 Å². The number of carboxylic acid groups (broad SMARTS) is 1. The Bertz CT molecular complexity index is 365. The maximum absolute atomic E-state index is 11.7. The molecule has 1 atom stereocenters. The molecule has 1 unspecified atom stereocenters. The highest BCUT2D eigenvalue weighted by Gasteiger charge is 2.21. The van der Waals surface area contributed by atoms with Gasteiger partial charge in [-0.15, -0.1) is 0 Å². The Labute approximate surface area is 98.3 Å². The van der Waals surface area contributed by atoms with Crippen molar-refractivity contribution in [1.29, 1.82) is 0 Å². The molecule has 0 saturated heterocycles. The van der Waals surface area contributed by atoms with Crippen LogP contribution >= 0.6 is 0 Å². The summed E-state index contributed by atoms with van der Waals surface area (Å²) in [4.78, 5) is 33.0. The largest absolute Gasteiger partial charge is 0.481 e. The van der Waals surface area contributed by atoms with Crippen molar-refractivity contribution >= 4 is 23.5 Å². The molecule has 0 radical (unpaired) electrons. The van der Waals surface area contributed by atoms with Crippen LogP contribution in [0.1, 0.15) is 32.6 Å². The van der Waals surface area contributed by atoms with Gasteiger partial charge in [0.15, 0.2) is 0 Å². The highest BCUT2D eigenvalue weighted by molar-refractivity contribution is 6.39. The first kappa shape index (κ1) is 13.1. The van der Waals surface area contributed by atoms with Gasteiger partial charge in [-0.05, 0) is 6.42 Å². The average molecular weight is 241 g/mol. The van der Waals surface area contributed by atoms with Crippen LogP contribution in [0, 0.1) is 0 Å². The van der Waals surface area contributed by atoms with Crippen LogP contribution in [0.3, 0.4) is 0 Å². The Hall–Kier alpha value is -1.92. The van der Waals surface area contributed by atoms with Crippen molar-refractivity contribution in [1.82, 2.24) is 10.7 Å². The zero-order valence-electron chi connectivity index (χ0n) is 9.52. The Morgan fingerprint density at radius 3 is 2.71 bits per heavy atom. The van der Waals surface area contributed by atoms with Gasteiger partial charge in [0.2, 0.25) is 5.91 Å². The Balaban J connectivity index is 2.52. The summed E-state index contributed by atoms with van der Waals surface area (Å²) >= 11 is 0. The fourth-order valence-electron chi connectivity index (χ4n) is 1.41. The predicted octanol–water partition coefficient (Wildman–Crippen LogP) is -0.378. The Morgan fingerprint density at radius 1 is 1.53 bits per heavy atom. The minimum Gasteiger partial charge on any atom is -0.481 e. The fraction of sp³-hybridized carbons (Fsp3) is 0.600. The van der Waals surface area contributed by atoms with Crippen LogP contribution in [0.25, 0.3) is 0 Å². The molecule has 0 aromatic heterocycles. The first-order valence-corrected chi connectivity index (χ1v) is 5.41. The van der Waals surface area contributed by atoms with Gasteiger partial charge in [0.05, 0.1) is 6.42 Å². The van der Waals surface area contributed by atoms with Crippen molar-refractivity contribution in [3.05, 3.63) is 0 Å². The molecule has 7 nitrogen and oxygen atoms in total. The van der Waals surface area contributed by atoms with Crippen LogP contribution in [0.5, 0.6) is 0 Å². The molecular formula is C10H15N3O4. The van der Waals surface area contributed by atoms with Crippen LogP contribution in [-0.2, 0) is 14.4 Å². The van der Waals surface area contributed by atoms with Crippen LogP contribution in [-0.4, -0.2) is 34.6 Å². The number of hydrogen-bond donors (Lipinski definition) is 3. The average Bonchev–Trinajstić information content (AvgIpc) is 2.28. The summed E-state index contributed by atoms with van der Waals surface area (Å²) in [5, 5.41) is 14.8. The molecule has 1 rings (SSSR count). The van der Waals surface area contributed by atoms with Crippen LogP contribution in [0.2, 0.25) is 0 Å². The van der Waals surface area contributed by atoms with E-state index in [9.17, 15) is 14.4 Å². The van der Waals surface area contributed by atoms with E-state index in [1.807, 2.05) is 0 Å². The van der Waals surface area contributed by atoms with E-state index in [4.69, 9.17) is 5.11 Å². The molecule has 1 aliphatic rings. The van der Waals surface area contributed by atoms with Gasteiger partial charge in [0.1, 0.15) is 5.71 Å². The maximum atomic E-state index is 11.7. The van der Waals surface area contributed by atoms with E-state index in [0.29, 0.717) is 6.42 Å². The Kier molecular flexibility index (Phi) is 4.62. The summed E-state index contributed by atoms with van der Waals surface area (Å²) in [6.45, 7) is 1.79. The van der Waals surface area contributed by atoms with Gasteiger partial charge in [0, 0.05) is 18.9 Å². The van der Waals surface area contributed by atoms with Gasteiger partial charge in [0.25, 0.3) is 5.91 Å².